The van der Waals surface area contributed by atoms with Crippen LogP contribution in [0.1, 0.15) is 19.4 Å². The molecule has 0 atom stereocenters. The van der Waals surface area contributed by atoms with Gasteiger partial charge in [-0.15, -0.1) is 0 Å². The quantitative estimate of drug-likeness (QED) is 0.713. The van der Waals surface area contributed by atoms with E-state index in [9.17, 15) is 0 Å². The summed E-state index contributed by atoms with van der Waals surface area (Å²) in [4.78, 5) is 4.17. The van der Waals surface area contributed by atoms with Gasteiger partial charge in [0.05, 0.1) is 0 Å². The fourth-order valence-corrected chi connectivity index (χ4v) is 1.17. The molecule has 3 heteroatoms. The zero-order valence-corrected chi connectivity index (χ0v) is 9.73. The predicted molar refractivity (Wildman–Crippen MR) is 62.5 cm³/mol. The van der Waals surface area contributed by atoms with Gasteiger partial charge in [-0.3, -0.25) is 4.68 Å². The van der Waals surface area contributed by atoms with Crippen LogP contribution in [0.3, 0.4) is 0 Å². The number of benzene rings is 1. The largest absolute Gasteiger partial charge is 0.255 e. The first-order chi connectivity index (χ1) is 7.25. The van der Waals surface area contributed by atoms with Gasteiger partial charge in [0.1, 0.15) is 6.33 Å². The second-order valence-electron chi connectivity index (χ2n) is 3.11. The van der Waals surface area contributed by atoms with Crippen LogP contribution in [0.4, 0.5) is 0 Å². The summed E-state index contributed by atoms with van der Waals surface area (Å²) in [6.45, 7) is 6.07. The lowest BCUT2D eigenvalue weighted by atomic mass is 10.1. The number of nitrogens with zero attached hydrogens (tertiary/aromatic N) is 3. The van der Waals surface area contributed by atoms with E-state index in [2.05, 4.69) is 29.1 Å². The summed E-state index contributed by atoms with van der Waals surface area (Å²) in [6, 6.07) is 8.19. The Hall–Kier alpha value is -1.64. The normalized spacial score (nSPS) is 9.33. The molecule has 0 saturated heterocycles. The number of hydrogen-bond donors (Lipinski definition) is 0. The zero-order valence-electron chi connectivity index (χ0n) is 9.73. The summed E-state index contributed by atoms with van der Waals surface area (Å²) < 4.78 is 1.70. The smallest absolute Gasteiger partial charge is 0.181 e. The summed E-state index contributed by atoms with van der Waals surface area (Å²) >= 11 is 0. The first-order valence-corrected chi connectivity index (χ1v) is 5.18. The lowest BCUT2D eigenvalue weighted by molar-refractivity contribution is 0.768. The molecule has 0 aliphatic carbocycles. The van der Waals surface area contributed by atoms with Crippen molar-refractivity contribution in [3.8, 4) is 11.4 Å². The van der Waals surface area contributed by atoms with Crippen LogP contribution in [0.15, 0.2) is 30.6 Å². The van der Waals surface area contributed by atoms with E-state index in [4.69, 9.17) is 0 Å². The summed E-state index contributed by atoms with van der Waals surface area (Å²) in [7, 11) is 1.87. The van der Waals surface area contributed by atoms with E-state index in [0.29, 0.717) is 0 Å². The Kier molecular flexibility index (Phi) is 4.03. The molecule has 0 aliphatic rings. The van der Waals surface area contributed by atoms with Gasteiger partial charge in [-0.05, 0) is 6.92 Å². The Labute approximate surface area is 90.8 Å². The molecule has 80 valence electrons. The average Bonchev–Trinajstić information content (AvgIpc) is 2.69. The highest BCUT2D eigenvalue weighted by Gasteiger charge is 2.00. The van der Waals surface area contributed by atoms with Crippen LogP contribution in [0.25, 0.3) is 11.4 Å². The summed E-state index contributed by atoms with van der Waals surface area (Å²) in [5.41, 5.74) is 2.31. The Morgan fingerprint density at radius 2 is 1.67 bits per heavy atom. The maximum atomic E-state index is 4.22. The molecule has 0 saturated carbocycles. The van der Waals surface area contributed by atoms with Gasteiger partial charge in [0.25, 0.3) is 0 Å². The van der Waals surface area contributed by atoms with Gasteiger partial charge in [0, 0.05) is 12.6 Å². The third-order valence-corrected chi connectivity index (χ3v) is 1.91. The molecule has 0 spiro atoms. The minimum Gasteiger partial charge on any atom is -0.255 e. The molecule has 3 nitrogen and oxygen atoms in total. The molecule has 0 N–H and O–H groups in total. The lowest BCUT2D eigenvalue weighted by Crippen LogP contribution is -1.87. The molecule has 0 aliphatic heterocycles. The standard InChI is InChI=1S/C10H11N3.C2H6/c1-8-3-5-9(6-4-8)10-11-7-13(2)12-10;1-2/h3-7H,1-2H3;1-2H3. The maximum absolute atomic E-state index is 4.22. The third kappa shape index (κ3) is 2.91. The van der Waals surface area contributed by atoms with Crippen LogP contribution < -0.4 is 0 Å². The van der Waals surface area contributed by atoms with Gasteiger partial charge in [0.15, 0.2) is 5.82 Å². The maximum Gasteiger partial charge on any atom is 0.181 e. The van der Waals surface area contributed by atoms with E-state index in [0.717, 1.165) is 11.4 Å². The molecule has 0 bridgehead atoms. The molecule has 15 heavy (non-hydrogen) atoms. The Balaban J connectivity index is 0.000000531. The highest BCUT2D eigenvalue weighted by Crippen LogP contribution is 2.13. The predicted octanol–water partition coefficient (Wildman–Crippen LogP) is 2.82. The van der Waals surface area contributed by atoms with Crippen molar-refractivity contribution in [2.45, 2.75) is 20.8 Å². The van der Waals surface area contributed by atoms with Crippen molar-refractivity contribution in [3.05, 3.63) is 36.2 Å². The molecule has 0 fully saturated rings. The van der Waals surface area contributed by atoms with Gasteiger partial charge in [-0.1, -0.05) is 43.7 Å². The monoisotopic (exact) mass is 203 g/mol. The second-order valence-corrected chi connectivity index (χ2v) is 3.11. The second kappa shape index (κ2) is 5.29. The topological polar surface area (TPSA) is 30.7 Å². The first kappa shape index (κ1) is 11.4. The minimum atomic E-state index is 0.780. The van der Waals surface area contributed by atoms with Crippen LogP contribution in [0.2, 0.25) is 0 Å². The molecule has 1 aromatic carbocycles. The molecular weight excluding hydrogens is 186 g/mol. The van der Waals surface area contributed by atoms with Gasteiger partial charge in [-0.2, -0.15) is 5.10 Å². The summed E-state index contributed by atoms with van der Waals surface area (Å²) in [5.74, 6) is 0.780. The van der Waals surface area contributed by atoms with E-state index in [1.807, 2.05) is 33.0 Å². The Bertz CT molecular complexity index is 401. The van der Waals surface area contributed by atoms with E-state index >= 15 is 0 Å². The Morgan fingerprint density at radius 1 is 1.07 bits per heavy atom. The van der Waals surface area contributed by atoms with Crippen molar-refractivity contribution < 1.29 is 0 Å². The van der Waals surface area contributed by atoms with Crippen molar-refractivity contribution in [3.63, 3.8) is 0 Å². The van der Waals surface area contributed by atoms with E-state index in [1.165, 1.54) is 5.56 Å². The van der Waals surface area contributed by atoms with Crippen LogP contribution in [-0.4, -0.2) is 14.8 Å². The van der Waals surface area contributed by atoms with Crippen molar-refractivity contribution in [2.24, 2.45) is 7.05 Å². The minimum absolute atomic E-state index is 0.780. The van der Waals surface area contributed by atoms with Crippen LogP contribution in [0, 0.1) is 6.92 Å². The van der Waals surface area contributed by atoms with Crippen molar-refractivity contribution >= 4 is 0 Å². The SMILES string of the molecule is CC.Cc1ccc(-c2ncn(C)n2)cc1. The molecule has 2 aromatic rings. The van der Waals surface area contributed by atoms with Gasteiger partial charge in [-0.25, -0.2) is 4.98 Å². The number of aryl methyl sites for hydroxylation is 2. The molecule has 0 radical (unpaired) electrons. The van der Waals surface area contributed by atoms with Crippen LogP contribution in [-0.2, 0) is 7.05 Å². The van der Waals surface area contributed by atoms with E-state index in [-0.39, 0.29) is 0 Å². The summed E-state index contributed by atoms with van der Waals surface area (Å²) in [6.07, 6.45) is 1.70. The number of aromatic nitrogens is 3. The van der Waals surface area contributed by atoms with Crippen molar-refractivity contribution in [2.75, 3.05) is 0 Å². The van der Waals surface area contributed by atoms with Gasteiger partial charge in [0.2, 0.25) is 0 Å². The highest BCUT2D eigenvalue weighted by atomic mass is 15.3. The molecule has 1 aromatic heterocycles. The lowest BCUT2D eigenvalue weighted by Gasteiger charge is -1.95. The molecular formula is C12H17N3. The molecule has 1 heterocycles. The highest BCUT2D eigenvalue weighted by molar-refractivity contribution is 5.54. The number of rotatable bonds is 1. The van der Waals surface area contributed by atoms with Gasteiger partial charge < -0.3 is 0 Å². The fraction of sp³-hybridized carbons (Fsp3) is 0.333. The molecule has 0 amide bonds. The van der Waals surface area contributed by atoms with Crippen molar-refractivity contribution in [1.82, 2.24) is 14.8 Å². The van der Waals surface area contributed by atoms with Crippen molar-refractivity contribution in [1.29, 1.82) is 0 Å². The number of hydrogen-bond acceptors (Lipinski definition) is 2. The van der Waals surface area contributed by atoms with Crippen LogP contribution >= 0.6 is 0 Å². The van der Waals surface area contributed by atoms with E-state index in [1.54, 1.807) is 11.0 Å². The first-order valence-electron chi connectivity index (χ1n) is 5.18. The fourth-order valence-electron chi connectivity index (χ4n) is 1.17. The van der Waals surface area contributed by atoms with Gasteiger partial charge >= 0.3 is 0 Å². The average molecular weight is 203 g/mol. The third-order valence-electron chi connectivity index (χ3n) is 1.91. The summed E-state index contributed by atoms with van der Waals surface area (Å²) in [5, 5.41) is 4.22. The van der Waals surface area contributed by atoms with Crippen LogP contribution in [0.5, 0.6) is 0 Å². The van der Waals surface area contributed by atoms with E-state index < -0.39 is 0 Å². The molecule has 2 rings (SSSR count). The Morgan fingerprint density at radius 3 is 2.13 bits per heavy atom. The zero-order chi connectivity index (χ0) is 11.3. The molecule has 0 unspecified atom stereocenters.